The fourth-order valence-corrected chi connectivity index (χ4v) is 8.79. The van der Waals surface area contributed by atoms with E-state index in [9.17, 15) is 18.4 Å². The average molecular weight is 792 g/mol. The molecule has 3 aromatic heterocycles. The van der Waals surface area contributed by atoms with Gasteiger partial charge in [0, 0.05) is 74.0 Å². The molecule has 2 unspecified atom stereocenters. The van der Waals surface area contributed by atoms with Gasteiger partial charge in [0.25, 0.3) is 12.0 Å². The minimum Gasteiger partial charge on any atom is -0.481 e. The molecule has 2 saturated heterocycles. The van der Waals surface area contributed by atoms with Crippen LogP contribution in [-0.2, 0) is 18.2 Å². The number of urea groups is 1. The van der Waals surface area contributed by atoms with Crippen molar-refractivity contribution in [2.75, 3.05) is 52.3 Å². The number of aromatic nitrogens is 4. The van der Waals surface area contributed by atoms with Gasteiger partial charge in [-0.15, -0.1) is 0 Å². The number of fused-ring (bicyclic) bond motifs is 2. The Morgan fingerprint density at radius 3 is 2.56 bits per heavy atom. The van der Waals surface area contributed by atoms with Crippen LogP contribution in [0.25, 0.3) is 33.2 Å². The molecule has 0 saturated carbocycles. The Labute approximate surface area is 325 Å². The number of rotatable bonds is 10. The van der Waals surface area contributed by atoms with Gasteiger partial charge >= 0.3 is 6.03 Å². The molecule has 2 N–H and O–H groups in total. The third-order valence-corrected chi connectivity index (χ3v) is 11.7. The summed E-state index contributed by atoms with van der Waals surface area (Å²) in [5.74, 6) is 0.467. The fourth-order valence-electron chi connectivity index (χ4n) is 8.19. The van der Waals surface area contributed by atoms with Gasteiger partial charge in [-0.05, 0) is 43.0 Å². The van der Waals surface area contributed by atoms with E-state index in [0.717, 1.165) is 54.2 Å². The molecule has 16 heteroatoms. The number of nitrogens with zero attached hydrogens (tertiary/aromatic N) is 6. The van der Waals surface area contributed by atoms with E-state index in [1.807, 2.05) is 23.1 Å². The number of alkyl halides is 2. The highest BCUT2D eigenvalue weighted by Crippen LogP contribution is 2.47. The van der Waals surface area contributed by atoms with Gasteiger partial charge in [0.2, 0.25) is 5.88 Å². The topological polar surface area (TPSA) is 127 Å². The summed E-state index contributed by atoms with van der Waals surface area (Å²) < 4.78 is 39.9. The zero-order valence-corrected chi connectivity index (χ0v) is 31.8. The smallest absolute Gasteiger partial charge is 0.318 e. The van der Waals surface area contributed by atoms with E-state index in [0.29, 0.717) is 58.7 Å². The Hall–Kier alpha value is -4.89. The number of carbonyl (C=O) groups excluding carboxylic acids is 1. The molecule has 2 atom stereocenters. The Morgan fingerprint density at radius 1 is 1.04 bits per heavy atom. The summed E-state index contributed by atoms with van der Waals surface area (Å²) in [7, 11) is 4.73. The van der Waals surface area contributed by atoms with Gasteiger partial charge in [0.15, 0.2) is 0 Å². The minimum absolute atomic E-state index is 0.0480. The number of methoxy groups -OCH3 is 2. The van der Waals surface area contributed by atoms with Gasteiger partial charge in [0.05, 0.1) is 52.3 Å². The molecule has 55 heavy (non-hydrogen) atoms. The Balaban J connectivity index is 1.09. The molecule has 1 aliphatic carbocycles. The number of likely N-dealkylation sites (tertiary alicyclic amines) is 1. The first kappa shape index (κ1) is 37.1. The van der Waals surface area contributed by atoms with E-state index in [-0.39, 0.29) is 39.2 Å². The number of amides is 2. The normalized spacial score (nSPS) is 19.5. The van der Waals surface area contributed by atoms with Crippen LogP contribution in [0, 0.1) is 0 Å². The highest BCUT2D eigenvalue weighted by molar-refractivity contribution is 6.39. The molecule has 0 radical (unpaired) electrons. The highest BCUT2D eigenvalue weighted by atomic mass is 35.5. The number of anilines is 2. The van der Waals surface area contributed by atoms with Crippen molar-refractivity contribution in [2.24, 2.45) is 7.05 Å². The number of aryl methyl sites for hydroxylation is 2. The zero-order valence-electron chi connectivity index (χ0n) is 30.3. The number of hydrogen-bond donors (Lipinski definition) is 2. The molecular formula is C39H38Cl2F2N8O4. The molecule has 2 aliphatic heterocycles. The molecule has 8 rings (SSSR count). The second-order valence-electron chi connectivity index (χ2n) is 14.2. The number of benzene rings is 2. The summed E-state index contributed by atoms with van der Waals surface area (Å²) >= 11 is 14.2. The van der Waals surface area contributed by atoms with Crippen molar-refractivity contribution in [3.63, 3.8) is 0 Å². The van der Waals surface area contributed by atoms with E-state index < -0.39 is 17.7 Å². The lowest BCUT2D eigenvalue weighted by molar-refractivity contribution is 0.146. The van der Waals surface area contributed by atoms with Crippen LogP contribution in [0.5, 0.6) is 5.88 Å². The Bertz CT molecular complexity index is 2400. The molecule has 12 nitrogen and oxygen atoms in total. The van der Waals surface area contributed by atoms with Crippen LogP contribution in [0.15, 0.2) is 59.5 Å². The first-order valence-electron chi connectivity index (χ1n) is 17.9. The SMILES string of the molecule is COCCN1CC2(CCN(C3CCc4cc(-c5cccc(-c6cccc(Nc7nc(C(F)F)cc8cnn(C)c(=O)c78)c6Cl)c5Cl)nc(OC)c43)C2)NC1=O. The predicted molar refractivity (Wildman–Crippen MR) is 207 cm³/mol. The number of ether oxygens (including phenoxy) is 2. The Kier molecular flexibility index (Phi) is 9.86. The number of pyridine rings is 2. The third-order valence-electron chi connectivity index (χ3n) is 10.9. The standard InChI is InChI=1S/C39H38Cl2F2N8O4/c1-49-37(52)31-22(18-44-49)17-28(34(42)43)46-35(31)45-26-9-5-7-24(33(26)41)23-6-4-8-25(32(23)40)27-16-21-10-11-29(30(21)36(47-27)55-3)50-13-12-39(19-50)20-51(14-15-54-2)38(53)48-39/h4-9,16-18,29,34H,10-15,19-20H2,1-3H3,(H,45,46)(H,48,53). The summed E-state index contributed by atoms with van der Waals surface area (Å²) in [5.41, 5.74) is 3.72. The highest BCUT2D eigenvalue weighted by Gasteiger charge is 2.49. The summed E-state index contributed by atoms with van der Waals surface area (Å²) in [4.78, 5) is 39.1. The van der Waals surface area contributed by atoms with Crippen LogP contribution in [-0.4, -0.2) is 88.1 Å². The number of halogens is 4. The van der Waals surface area contributed by atoms with Crippen molar-refractivity contribution >= 4 is 51.5 Å². The summed E-state index contributed by atoms with van der Waals surface area (Å²) in [6.07, 6.45) is 1.05. The second kappa shape index (κ2) is 14.6. The molecule has 0 bridgehead atoms. The molecule has 5 heterocycles. The van der Waals surface area contributed by atoms with Crippen LogP contribution in [0.3, 0.4) is 0 Å². The Morgan fingerprint density at radius 2 is 1.80 bits per heavy atom. The van der Waals surface area contributed by atoms with Crippen molar-refractivity contribution < 1.29 is 23.0 Å². The molecule has 5 aromatic rings. The lowest BCUT2D eigenvalue weighted by Crippen LogP contribution is -2.46. The fraction of sp³-hybridized carbons (Fsp3) is 0.359. The van der Waals surface area contributed by atoms with Crippen LogP contribution in [0.2, 0.25) is 10.0 Å². The van der Waals surface area contributed by atoms with Crippen LogP contribution < -0.4 is 20.9 Å². The molecule has 2 fully saturated rings. The number of hydrogen-bond acceptors (Lipinski definition) is 9. The molecule has 2 aromatic carbocycles. The van der Waals surface area contributed by atoms with Crippen LogP contribution in [0.4, 0.5) is 25.1 Å². The maximum Gasteiger partial charge on any atom is 0.318 e. The van der Waals surface area contributed by atoms with Crippen molar-refractivity contribution in [1.82, 2.24) is 34.9 Å². The second-order valence-corrected chi connectivity index (χ2v) is 14.9. The van der Waals surface area contributed by atoms with Gasteiger partial charge in [-0.25, -0.2) is 28.2 Å². The lowest BCUT2D eigenvalue weighted by atomic mass is 9.99. The molecule has 1 spiro atoms. The van der Waals surface area contributed by atoms with Gasteiger partial charge in [-0.1, -0.05) is 53.5 Å². The number of nitrogens with one attached hydrogen (secondary N) is 2. The van der Waals surface area contributed by atoms with E-state index in [4.69, 9.17) is 37.7 Å². The van der Waals surface area contributed by atoms with Crippen LogP contribution >= 0.6 is 23.2 Å². The largest absolute Gasteiger partial charge is 0.481 e. The maximum absolute atomic E-state index is 13.8. The molecule has 3 aliphatic rings. The predicted octanol–water partition coefficient (Wildman–Crippen LogP) is 7.16. The lowest BCUT2D eigenvalue weighted by Gasteiger charge is -2.28. The third kappa shape index (κ3) is 6.64. The van der Waals surface area contributed by atoms with Crippen molar-refractivity contribution in [1.29, 1.82) is 0 Å². The monoisotopic (exact) mass is 790 g/mol. The number of carbonyl (C=O) groups is 1. The average Bonchev–Trinajstić information content (AvgIpc) is 3.88. The first-order valence-corrected chi connectivity index (χ1v) is 18.6. The van der Waals surface area contributed by atoms with E-state index >= 15 is 0 Å². The zero-order chi connectivity index (χ0) is 38.6. The maximum atomic E-state index is 13.8. The first-order chi connectivity index (χ1) is 26.5. The minimum atomic E-state index is -2.87. The van der Waals surface area contributed by atoms with Gasteiger partial charge < -0.3 is 25.0 Å². The molecule has 286 valence electrons. The molecule has 2 amide bonds. The molecular weight excluding hydrogens is 753 g/mol. The van der Waals surface area contributed by atoms with Crippen molar-refractivity contribution in [2.45, 2.75) is 37.3 Å². The van der Waals surface area contributed by atoms with Crippen molar-refractivity contribution in [3.8, 4) is 28.3 Å². The van der Waals surface area contributed by atoms with E-state index in [1.165, 1.54) is 13.2 Å². The van der Waals surface area contributed by atoms with Gasteiger partial charge in [-0.3, -0.25) is 9.69 Å². The summed E-state index contributed by atoms with van der Waals surface area (Å²) in [6, 6.07) is 14.1. The summed E-state index contributed by atoms with van der Waals surface area (Å²) in [5, 5.41) is 11.2. The van der Waals surface area contributed by atoms with Crippen LogP contribution in [0.1, 0.15) is 42.1 Å². The summed E-state index contributed by atoms with van der Waals surface area (Å²) in [6.45, 7) is 3.28. The van der Waals surface area contributed by atoms with Crippen molar-refractivity contribution in [3.05, 3.63) is 91.9 Å². The van der Waals surface area contributed by atoms with E-state index in [1.54, 1.807) is 32.4 Å². The quantitative estimate of drug-likeness (QED) is 0.152. The van der Waals surface area contributed by atoms with E-state index in [2.05, 4.69) is 31.7 Å². The van der Waals surface area contributed by atoms with Gasteiger partial charge in [0.1, 0.15) is 11.5 Å². The van der Waals surface area contributed by atoms with Gasteiger partial charge in [-0.2, -0.15) is 5.10 Å².